The van der Waals surface area contributed by atoms with Crippen LogP contribution in [-0.2, 0) is 0 Å². The molecule has 3 heteroatoms. The van der Waals surface area contributed by atoms with Crippen molar-refractivity contribution in [3.05, 3.63) is 23.2 Å². The zero-order chi connectivity index (χ0) is 11.4. The quantitative estimate of drug-likeness (QED) is 0.796. The fourth-order valence-electron chi connectivity index (χ4n) is 1.70. The van der Waals surface area contributed by atoms with Crippen molar-refractivity contribution in [1.29, 1.82) is 0 Å². The van der Waals surface area contributed by atoms with Crippen LogP contribution in [0.15, 0.2) is 18.2 Å². The summed E-state index contributed by atoms with van der Waals surface area (Å²) in [5, 5.41) is 0.688. The maximum Gasteiger partial charge on any atom is 0.0600 e. The number of anilines is 2. The molecule has 0 saturated heterocycles. The molecule has 1 aromatic carbocycles. The summed E-state index contributed by atoms with van der Waals surface area (Å²) in [5.74, 6) is 0. The Morgan fingerprint density at radius 3 is 2.67 bits per heavy atom. The van der Waals surface area contributed by atoms with Crippen molar-refractivity contribution in [2.45, 2.75) is 32.7 Å². The zero-order valence-corrected chi connectivity index (χ0v) is 10.4. The predicted octanol–water partition coefficient (Wildman–Crippen LogP) is 3.55. The molecular weight excluding hydrogens is 208 g/mol. The van der Waals surface area contributed by atoms with Gasteiger partial charge in [-0.1, -0.05) is 24.9 Å². The molecule has 1 unspecified atom stereocenters. The Hall–Kier alpha value is -0.890. The summed E-state index contributed by atoms with van der Waals surface area (Å²) in [4.78, 5) is 2.20. The Labute approximate surface area is 97.0 Å². The van der Waals surface area contributed by atoms with Crippen molar-refractivity contribution in [3.8, 4) is 0 Å². The Balaban J connectivity index is 2.86. The number of halogens is 1. The van der Waals surface area contributed by atoms with E-state index in [1.54, 1.807) is 6.07 Å². The van der Waals surface area contributed by atoms with E-state index in [-0.39, 0.29) is 0 Å². The number of nitrogen functional groups attached to an aromatic ring is 1. The Kier molecular flexibility index (Phi) is 4.28. The van der Waals surface area contributed by atoms with E-state index in [1.165, 1.54) is 12.8 Å². The van der Waals surface area contributed by atoms with Gasteiger partial charge in [0.25, 0.3) is 0 Å². The summed E-state index contributed by atoms with van der Waals surface area (Å²) in [6.45, 7) is 4.40. The van der Waals surface area contributed by atoms with Crippen LogP contribution in [0.25, 0.3) is 0 Å². The minimum absolute atomic E-state index is 0.499. The molecule has 0 fully saturated rings. The number of nitrogens with two attached hydrogens (primary N) is 1. The maximum absolute atomic E-state index is 5.93. The first kappa shape index (κ1) is 12.2. The smallest absolute Gasteiger partial charge is 0.0600 e. The molecule has 84 valence electrons. The number of rotatable bonds is 4. The normalized spacial score (nSPS) is 12.5. The lowest BCUT2D eigenvalue weighted by Gasteiger charge is -2.28. The summed E-state index contributed by atoms with van der Waals surface area (Å²) in [5.41, 5.74) is 7.73. The van der Waals surface area contributed by atoms with E-state index in [4.69, 9.17) is 17.3 Å². The third kappa shape index (κ3) is 3.03. The van der Waals surface area contributed by atoms with Gasteiger partial charge in [0.05, 0.1) is 11.4 Å². The molecule has 0 aliphatic heterocycles. The summed E-state index contributed by atoms with van der Waals surface area (Å²) in [7, 11) is 2.07. The molecule has 0 aliphatic rings. The summed E-state index contributed by atoms with van der Waals surface area (Å²) >= 11 is 5.86. The van der Waals surface area contributed by atoms with E-state index in [0.29, 0.717) is 11.1 Å². The topological polar surface area (TPSA) is 29.3 Å². The van der Waals surface area contributed by atoms with Crippen LogP contribution in [0, 0.1) is 0 Å². The monoisotopic (exact) mass is 226 g/mol. The lowest BCUT2D eigenvalue weighted by atomic mass is 10.1. The standard InChI is InChI=1S/C12H19ClN2/c1-4-5-9(2)15(3)12-7-6-10(13)8-11(12)14/h6-9H,4-5,14H2,1-3H3. The van der Waals surface area contributed by atoms with Crippen LogP contribution in [0.5, 0.6) is 0 Å². The molecular formula is C12H19ClN2. The second-order valence-corrected chi connectivity index (χ2v) is 4.39. The summed E-state index contributed by atoms with van der Waals surface area (Å²) in [6.07, 6.45) is 2.34. The van der Waals surface area contributed by atoms with E-state index >= 15 is 0 Å². The number of nitrogens with zero attached hydrogens (tertiary/aromatic N) is 1. The number of benzene rings is 1. The van der Waals surface area contributed by atoms with Crippen LogP contribution in [0.1, 0.15) is 26.7 Å². The molecule has 0 spiro atoms. The van der Waals surface area contributed by atoms with Crippen LogP contribution in [0.3, 0.4) is 0 Å². The minimum atomic E-state index is 0.499. The second kappa shape index (κ2) is 5.26. The maximum atomic E-state index is 5.93. The van der Waals surface area contributed by atoms with Crippen molar-refractivity contribution in [2.24, 2.45) is 0 Å². The first-order valence-electron chi connectivity index (χ1n) is 5.34. The van der Waals surface area contributed by atoms with Gasteiger partial charge < -0.3 is 10.6 Å². The molecule has 1 rings (SSSR count). The van der Waals surface area contributed by atoms with E-state index in [9.17, 15) is 0 Å². The molecule has 2 nitrogen and oxygen atoms in total. The Morgan fingerprint density at radius 1 is 1.47 bits per heavy atom. The largest absolute Gasteiger partial charge is 0.397 e. The van der Waals surface area contributed by atoms with Gasteiger partial charge in [-0.25, -0.2) is 0 Å². The first-order chi connectivity index (χ1) is 7.06. The van der Waals surface area contributed by atoms with Gasteiger partial charge in [-0.3, -0.25) is 0 Å². The number of hydrogen-bond acceptors (Lipinski definition) is 2. The highest BCUT2D eigenvalue weighted by atomic mass is 35.5. The van der Waals surface area contributed by atoms with Crippen molar-refractivity contribution < 1.29 is 0 Å². The minimum Gasteiger partial charge on any atom is -0.397 e. The van der Waals surface area contributed by atoms with Crippen molar-refractivity contribution in [2.75, 3.05) is 17.7 Å². The average Bonchev–Trinajstić information content (AvgIpc) is 2.17. The van der Waals surface area contributed by atoms with Crippen LogP contribution in [-0.4, -0.2) is 13.1 Å². The van der Waals surface area contributed by atoms with Crippen LogP contribution < -0.4 is 10.6 Å². The molecule has 0 aromatic heterocycles. The molecule has 0 radical (unpaired) electrons. The van der Waals surface area contributed by atoms with Gasteiger partial charge in [-0.05, 0) is 31.5 Å². The van der Waals surface area contributed by atoms with Gasteiger partial charge in [0.1, 0.15) is 0 Å². The average molecular weight is 227 g/mol. The van der Waals surface area contributed by atoms with E-state index in [2.05, 4.69) is 25.8 Å². The van der Waals surface area contributed by atoms with Crippen LogP contribution in [0.4, 0.5) is 11.4 Å². The van der Waals surface area contributed by atoms with Gasteiger partial charge in [0, 0.05) is 18.1 Å². The molecule has 15 heavy (non-hydrogen) atoms. The third-order valence-corrected chi connectivity index (χ3v) is 2.97. The fraction of sp³-hybridized carbons (Fsp3) is 0.500. The molecule has 0 aliphatic carbocycles. The van der Waals surface area contributed by atoms with Gasteiger partial charge in [-0.15, -0.1) is 0 Å². The molecule has 0 heterocycles. The second-order valence-electron chi connectivity index (χ2n) is 3.95. The molecule has 1 atom stereocenters. The van der Waals surface area contributed by atoms with E-state index < -0.39 is 0 Å². The van der Waals surface area contributed by atoms with Gasteiger partial charge >= 0.3 is 0 Å². The summed E-state index contributed by atoms with van der Waals surface area (Å²) in [6, 6.07) is 6.15. The van der Waals surface area contributed by atoms with Crippen LogP contribution >= 0.6 is 11.6 Å². The van der Waals surface area contributed by atoms with E-state index in [0.717, 1.165) is 11.4 Å². The highest BCUT2D eigenvalue weighted by molar-refractivity contribution is 6.31. The van der Waals surface area contributed by atoms with Crippen molar-refractivity contribution in [3.63, 3.8) is 0 Å². The number of hydrogen-bond donors (Lipinski definition) is 1. The fourth-order valence-corrected chi connectivity index (χ4v) is 1.88. The third-order valence-electron chi connectivity index (χ3n) is 2.74. The van der Waals surface area contributed by atoms with Gasteiger partial charge in [0.2, 0.25) is 0 Å². The Bertz CT molecular complexity index is 325. The highest BCUT2D eigenvalue weighted by Crippen LogP contribution is 2.27. The highest BCUT2D eigenvalue weighted by Gasteiger charge is 2.11. The van der Waals surface area contributed by atoms with Crippen LogP contribution in [0.2, 0.25) is 5.02 Å². The molecule has 0 bridgehead atoms. The molecule has 0 saturated carbocycles. The zero-order valence-electron chi connectivity index (χ0n) is 9.63. The SMILES string of the molecule is CCCC(C)N(C)c1ccc(Cl)cc1N. The van der Waals surface area contributed by atoms with E-state index in [1.807, 2.05) is 12.1 Å². The van der Waals surface area contributed by atoms with Gasteiger partial charge in [0.15, 0.2) is 0 Å². The lowest BCUT2D eigenvalue weighted by Crippen LogP contribution is -2.29. The molecule has 2 N–H and O–H groups in total. The van der Waals surface area contributed by atoms with Crippen molar-refractivity contribution in [1.82, 2.24) is 0 Å². The molecule has 0 amide bonds. The van der Waals surface area contributed by atoms with Crippen molar-refractivity contribution >= 4 is 23.0 Å². The first-order valence-corrected chi connectivity index (χ1v) is 5.72. The summed E-state index contributed by atoms with van der Waals surface area (Å²) < 4.78 is 0. The van der Waals surface area contributed by atoms with Gasteiger partial charge in [-0.2, -0.15) is 0 Å². The Morgan fingerprint density at radius 2 is 2.13 bits per heavy atom. The lowest BCUT2D eigenvalue weighted by molar-refractivity contribution is 0.617. The predicted molar refractivity (Wildman–Crippen MR) is 68.6 cm³/mol. The molecule has 1 aromatic rings.